The van der Waals surface area contributed by atoms with E-state index in [1.165, 1.54) is 6.07 Å². The molecule has 1 aromatic heterocycles. The highest BCUT2D eigenvalue weighted by atomic mass is 16.4. The lowest BCUT2D eigenvalue weighted by Gasteiger charge is -2.33. The predicted octanol–water partition coefficient (Wildman–Crippen LogP) is 0.0582. The molecule has 0 radical (unpaired) electrons. The monoisotopic (exact) mass is 235 g/mol. The first-order valence-corrected chi connectivity index (χ1v) is 5.34. The Bertz CT molecular complexity index is 410. The van der Waals surface area contributed by atoms with E-state index in [0.29, 0.717) is 13.1 Å². The minimum absolute atomic E-state index is 0.0419. The van der Waals surface area contributed by atoms with E-state index in [1.807, 2.05) is 0 Å². The highest BCUT2D eigenvalue weighted by molar-refractivity contribution is 5.85. The molecule has 0 aromatic carbocycles. The quantitative estimate of drug-likeness (QED) is 0.750. The molecule has 6 nitrogen and oxygen atoms in total. The number of hydrogen-bond acceptors (Lipinski definition) is 4. The summed E-state index contributed by atoms with van der Waals surface area (Å²) in [4.78, 5) is 28.9. The van der Waals surface area contributed by atoms with Crippen LogP contribution >= 0.6 is 0 Å². The average Bonchev–Trinajstić information content (AvgIpc) is 2.39. The van der Waals surface area contributed by atoms with Crippen molar-refractivity contribution in [3.8, 4) is 0 Å². The van der Waals surface area contributed by atoms with E-state index in [9.17, 15) is 9.59 Å². The van der Waals surface area contributed by atoms with Crippen LogP contribution < -0.4 is 4.90 Å². The average molecular weight is 235 g/mol. The Morgan fingerprint density at radius 2 is 2.00 bits per heavy atom. The zero-order valence-corrected chi connectivity index (χ0v) is 9.24. The van der Waals surface area contributed by atoms with Crippen LogP contribution in [0.15, 0.2) is 18.3 Å². The van der Waals surface area contributed by atoms with Gasteiger partial charge in [-0.1, -0.05) is 0 Å². The molecule has 17 heavy (non-hydrogen) atoms. The van der Waals surface area contributed by atoms with Crippen molar-refractivity contribution in [2.75, 3.05) is 31.1 Å². The van der Waals surface area contributed by atoms with Gasteiger partial charge < -0.3 is 14.9 Å². The number of anilines is 1. The molecule has 1 N–H and O–H groups in total. The van der Waals surface area contributed by atoms with Crippen molar-refractivity contribution in [1.82, 2.24) is 9.88 Å². The molecule has 2 heterocycles. The zero-order valence-electron chi connectivity index (χ0n) is 9.24. The fourth-order valence-corrected chi connectivity index (χ4v) is 1.79. The molecule has 90 valence electrons. The largest absolute Gasteiger partial charge is 0.477 e. The number of nitrogens with zero attached hydrogens (tertiary/aromatic N) is 3. The first kappa shape index (κ1) is 11.4. The fourth-order valence-electron chi connectivity index (χ4n) is 1.79. The summed E-state index contributed by atoms with van der Waals surface area (Å²) >= 11 is 0. The second kappa shape index (κ2) is 4.82. The van der Waals surface area contributed by atoms with Gasteiger partial charge >= 0.3 is 5.97 Å². The van der Waals surface area contributed by atoms with Gasteiger partial charge in [-0.05, 0) is 12.1 Å². The number of carboxylic acid groups (broad SMARTS) is 1. The van der Waals surface area contributed by atoms with Gasteiger partial charge in [-0.2, -0.15) is 0 Å². The van der Waals surface area contributed by atoms with Crippen LogP contribution in [0.2, 0.25) is 0 Å². The van der Waals surface area contributed by atoms with Crippen LogP contribution in [-0.4, -0.2) is 53.5 Å². The summed E-state index contributed by atoms with van der Waals surface area (Å²) in [6.45, 7) is 2.86. The van der Waals surface area contributed by atoms with Crippen LogP contribution in [0.5, 0.6) is 0 Å². The predicted molar refractivity (Wildman–Crippen MR) is 61.0 cm³/mol. The van der Waals surface area contributed by atoms with Gasteiger partial charge in [0.2, 0.25) is 6.41 Å². The summed E-state index contributed by atoms with van der Waals surface area (Å²) in [7, 11) is 0. The van der Waals surface area contributed by atoms with Crippen LogP contribution in [0.25, 0.3) is 0 Å². The van der Waals surface area contributed by atoms with Crippen molar-refractivity contribution in [2.24, 2.45) is 0 Å². The van der Waals surface area contributed by atoms with Crippen LogP contribution in [0, 0.1) is 0 Å². The topological polar surface area (TPSA) is 73.7 Å². The van der Waals surface area contributed by atoms with E-state index >= 15 is 0 Å². The minimum atomic E-state index is -1.03. The van der Waals surface area contributed by atoms with Crippen molar-refractivity contribution in [2.45, 2.75) is 0 Å². The summed E-state index contributed by atoms with van der Waals surface area (Å²) < 4.78 is 0. The molecule has 0 saturated carbocycles. The highest BCUT2D eigenvalue weighted by Crippen LogP contribution is 2.15. The van der Waals surface area contributed by atoms with Gasteiger partial charge in [0.1, 0.15) is 5.69 Å². The summed E-state index contributed by atoms with van der Waals surface area (Å²) in [5.41, 5.74) is 0.931. The molecule has 1 fully saturated rings. The van der Waals surface area contributed by atoms with Crippen molar-refractivity contribution >= 4 is 18.1 Å². The summed E-state index contributed by atoms with van der Waals surface area (Å²) in [6.07, 6.45) is 2.41. The fraction of sp³-hybridized carbons (Fsp3) is 0.364. The molecule has 1 amide bonds. The number of piperazine rings is 1. The molecule has 1 aromatic rings. The Kier molecular flexibility index (Phi) is 3.22. The summed E-state index contributed by atoms with van der Waals surface area (Å²) in [5.74, 6) is -1.03. The normalized spacial score (nSPS) is 15.8. The van der Waals surface area contributed by atoms with Crippen LogP contribution in [0.1, 0.15) is 10.5 Å². The standard InChI is InChI=1S/C11H13N3O3/c15-8-13-3-5-14(6-4-13)9-1-2-10(11(16)17)12-7-9/h1-2,7-8H,3-6H2,(H,16,17). The third-order valence-corrected chi connectivity index (χ3v) is 2.80. The van der Waals surface area contributed by atoms with Gasteiger partial charge in [0, 0.05) is 26.2 Å². The van der Waals surface area contributed by atoms with E-state index in [-0.39, 0.29) is 5.69 Å². The molecule has 6 heteroatoms. The number of carbonyl (C=O) groups is 2. The van der Waals surface area contributed by atoms with Gasteiger partial charge in [-0.3, -0.25) is 4.79 Å². The van der Waals surface area contributed by atoms with Gasteiger partial charge in [0.25, 0.3) is 0 Å². The van der Waals surface area contributed by atoms with Gasteiger partial charge in [0.15, 0.2) is 0 Å². The molecular weight excluding hydrogens is 222 g/mol. The number of rotatable bonds is 3. The number of carbonyl (C=O) groups excluding carboxylic acids is 1. The first-order chi connectivity index (χ1) is 8.20. The second-order valence-electron chi connectivity index (χ2n) is 3.84. The molecule has 1 aliphatic heterocycles. The number of hydrogen-bond donors (Lipinski definition) is 1. The maximum atomic E-state index is 10.6. The number of aromatic carboxylic acids is 1. The number of aromatic nitrogens is 1. The molecule has 0 unspecified atom stereocenters. The molecule has 0 atom stereocenters. The van der Waals surface area contributed by atoms with Crippen LogP contribution in [-0.2, 0) is 4.79 Å². The smallest absolute Gasteiger partial charge is 0.354 e. The van der Waals surface area contributed by atoms with E-state index in [2.05, 4.69) is 9.88 Å². The maximum absolute atomic E-state index is 10.6. The first-order valence-electron chi connectivity index (χ1n) is 5.34. The van der Waals surface area contributed by atoms with Crippen molar-refractivity contribution < 1.29 is 14.7 Å². The SMILES string of the molecule is O=CN1CCN(c2ccc(C(=O)O)nc2)CC1. The van der Waals surface area contributed by atoms with E-state index in [1.54, 1.807) is 17.2 Å². The Hall–Kier alpha value is -2.11. The molecule has 0 bridgehead atoms. The molecular formula is C11H13N3O3. The van der Waals surface area contributed by atoms with E-state index < -0.39 is 5.97 Å². The number of amides is 1. The Balaban J connectivity index is 2.03. The maximum Gasteiger partial charge on any atom is 0.354 e. The van der Waals surface area contributed by atoms with E-state index in [0.717, 1.165) is 25.2 Å². The summed E-state index contributed by atoms with van der Waals surface area (Å²) in [6, 6.07) is 3.23. The Labute approximate surface area is 98.5 Å². The molecule has 0 spiro atoms. The molecule has 2 rings (SSSR count). The molecule has 1 saturated heterocycles. The highest BCUT2D eigenvalue weighted by Gasteiger charge is 2.16. The van der Waals surface area contributed by atoms with Crippen LogP contribution in [0.3, 0.4) is 0 Å². The Morgan fingerprint density at radius 1 is 1.29 bits per heavy atom. The van der Waals surface area contributed by atoms with Gasteiger partial charge in [-0.15, -0.1) is 0 Å². The lowest BCUT2D eigenvalue weighted by Crippen LogP contribution is -2.45. The number of pyridine rings is 1. The van der Waals surface area contributed by atoms with E-state index in [4.69, 9.17) is 5.11 Å². The van der Waals surface area contributed by atoms with Crippen molar-refractivity contribution in [3.63, 3.8) is 0 Å². The van der Waals surface area contributed by atoms with Crippen molar-refractivity contribution in [3.05, 3.63) is 24.0 Å². The third-order valence-electron chi connectivity index (χ3n) is 2.80. The lowest BCUT2D eigenvalue weighted by molar-refractivity contribution is -0.118. The van der Waals surface area contributed by atoms with Gasteiger partial charge in [0.05, 0.1) is 11.9 Å². The zero-order chi connectivity index (χ0) is 12.3. The minimum Gasteiger partial charge on any atom is -0.477 e. The molecule has 1 aliphatic rings. The van der Waals surface area contributed by atoms with Crippen LogP contribution in [0.4, 0.5) is 5.69 Å². The number of carboxylic acids is 1. The van der Waals surface area contributed by atoms with Crippen molar-refractivity contribution in [1.29, 1.82) is 0 Å². The molecule has 0 aliphatic carbocycles. The van der Waals surface area contributed by atoms with Gasteiger partial charge in [-0.25, -0.2) is 9.78 Å². The Morgan fingerprint density at radius 3 is 2.47 bits per heavy atom. The lowest BCUT2D eigenvalue weighted by atomic mass is 10.2. The second-order valence-corrected chi connectivity index (χ2v) is 3.84. The summed E-state index contributed by atoms with van der Waals surface area (Å²) in [5, 5.41) is 8.73. The third kappa shape index (κ3) is 2.52.